The van der Waals surface area contributed by atoms with Crippen LogP contribution in [0.1, 0.15) is 5.56 Å². The van der Waals surface area contributed by atoms with Gasteiger partial charge in [-0.2, -0.15) is 0 Å². The molecule has 0 spiro atoms. The van der Waals surface area contributed by atoms with Crippen molar-refractivity contribution in [2.24, 2.45) is 5.90 Å². The second-order valence-electron chi connectivity index (χ2n) is 3.89. The summed E-state index contributed by atoms with van der Waals surface area (Å²) in [6.07, 6.45) is -0.297. The van der Waals surface area contributed by atoms with Gasteiger partial charge < -0.3 is 4.74 Å². The fourth-order valence-corrected chi connectivity index (χ4v) is 3.01. The molecule has 1 aliphatic heterocycles. The summed E-state index contributed by atoms with van der Waals surface area (Å²) in [5.41, 5.74) is 0.825. The Morgan fingerprint density at radius 3 is 2.65 bits per heavy atom. The number of hydrogen-bond acceptors (Lipinski definition) is 5. The van der Waals surface area contributed by atoms with Crippen molar-refractivity contribution in [1.29, 1.82) is 0 Å². The Labute approximate surface area is 104 Å². The molecule has 0 radical (unpaired) electrons. The van der Waals surface area contributed by atoms with Crippen LogP contribution in [0.25, 0.3) is 0 Å². The zero-order valence-electron chi connectivity index (χ0n) is 8.93. The van der Waals surface area contributed by atoms with Crippen molar-refractivity contribution in [1.82, 2.24) is 0 Å². The molecule has 0 saturated carbocycles. The molecule has 2 N–H and O–H groups in total. The van der Waals surface area contributed by atoms with Gasteiger partial charge in [0.25, 0.3) is 0 Å². The Bertz CT molecular complexity index is 505. The van der Waals surface area contributed by atoms with Gasteiger partial charge in [-0.3, -0.25) is 4.84 Å². The summed E-state index contributed by atoms with van der Waals surface area (Å²) in [6, 6.07) is 5.12. The standard InChI is InChI=1S/C10H12ClNO4S/c11-9-3-7(4-15-12)1-2-10(9)16-8-5-17(13,14)6-8/h1-3,8H,4-6,12H2. The zero-order valence-corrected chi connectivity index (χ0v) is 10.5. The molecule has 1 aliphatic rings. The van der Waals surface area contributed by atoms with Gasteiger partial charge in [0, 0.05) is 0 Å². The summed E-state index contributed by atoms with van der Waals surface area (Å²) in [6.45, 7) is 0.262. The highest BCUT2D eigenvalue weighted by Crippen LogP contribution is 2.28. The maximum Gasteiger partial charge on any atom is 0.157 e. The fourth-order valence-electron chi connectivity index (χ4n) is 1.59. The van der Waals surface area contributed by atoms with Crippen LogP contribution in [0.3, 0.4) is 0 Å². The van der Waals surface area contributed by atoms with E-state index in [-0.39, 0.29) is 24.2 Å². The minimum atomic E-state index is -2.88. The zero-order chi connectivity index (χ0) is 12.5. The third-order valence-corrected chi connectivity index (χ3v) is 4.47. The SMILES string of the molecule is NOCc1ccc(OC2CS(=O)(=O)C2)c(Cl)c1. The molecule has 94 valence electrons. The van der Waals surface area contributed by atoms with Crippen LogP contribution in [-0.4, -0.2) is 26.0 Å². The molecule has 1 aromatic carbocycles. The van der Waals surface area contributed by atoms with E-state index in [1.54, 1.807) is 18.2 Å². The lowest BCUT2D eigenvalue weighted by atomic mass is 10.2. The third-order valence-electron chi connectivity index (χ3n) is 2.42. The Morgan fingerprint density at radius 1 is 1.41 bits per heavy atom. The molecule has 5 nitrogen and oxygen atoms in total. The van der Waals surface area contributed by atoms with Crippen LogP contribution in [-0.2, 0) is 21.3 Å². The van der Waals surface area contributed by atoms with E-state index in [9.17, 15) is 8.42 Å². The number of sulfone groups is 1. The van der Waals surface area contributed by atoms with Crippen molar-refractivity contribution in [3.63, 3.8) is 0 Å². The molecule has 1 heterocycles. The summed E-state index contributed by atoms with van der Waals surface area (Å²) < 4.78 is 27.4. The van der Waals surface area contributed by atoms with Crippen LogP contribution < -0.4 is 10.6 Å². The van der Waals surface area contributed by atoms with Gasteiger partial charge in [-0.25, -0.2) is 14.3 Å². The highest BCUT2D eigenvalue weighted by molar-refractivity contribution is 7.92. The second-order valence-corrected chi connectivity index (χ2v) is 6.45. The molecular weight excluding hydrogens is 266 g/mol. The Balaban J connectivity index is 2.02. The maximum atomic E-state index is 11.0. The van der Waals surface area contributed by atoms with Crippen molar-refractivity contribution in [2.45, 2.75) is 12.7 Å². The van der Waals surface area contributed by atoms with Crippen LogP contribution in [0.5, 0.6) is 5.75 Å². The average molecular weight is 278 g/mol. The number of rotatable bonds is 4. The van der Waals surface area contributed by atoms with Gasteiger partial charge in [0.1, 0.15) is 11.9 Å². The molecule has 1 fully saturated rings. The molecule has 0 atom stereocenters. The number of hydrogen-bond donors (Lipinski definition) is 1. The predicted molar refractivity (Wildman–Crippen MR) is 63.5 cm³/mol. The van der Waals surface area contributed by atoms with Gasteiger partial charge in [-0.05, 0) is 17.7 Å². The van der Waals surface area contributed by atoms with Gasteiger partial charge in [-0.1, -0.05) is 17.7 Å². The van der Waals surface area contributed by atoms with Crippen LogP contribution in [0, 0.1) is 0 Å². The van der Waals surface area contributed by atoms with Crippen LogP contribution in [0.4, 0.5) is 0 Å². The molecule has 1 aromatic rings. The lowest BCUT2D eigenvalue weighted by Gasteiger charge is -2.26. The number of ether oxygens (including phenoxy) is 1. The summed E-state index contributed by atoms with van der Waals surface area (Å²) >= 11 is 5.99. The van der Waals surface area contributed by atoms with E-state index in [2.05, 4.69) is 4.84 Å². The van der Waals surface area contributed by atoms with E-state index in [1.807, 2.05) is 0 Å². The topological polar surface area (TPSA) is 78.6 Å². The maximum absolute atomic E-state index is 11.0. The molecule has 17 heavy (non-hydrogen) atoms. The van der Waals surface area contributed by atoms with Crippen molar-refractivity contribution in [2.75, 3.05) is 11.5 Å². The van der Waals surface area contributed by atoms with E-state index in [0.29, 0.717) is 10.8 Å². The fraction of sp³-hybridized carbons (Fsp3) is 0.400. The lowest BCUT2D eigenvalue weighted by Crippen LogP contribution is -2.45. The van der Waals surface area contributed by atoms with Crippen molar-refractivity contribution >= 4 is 21.4 Å². The summed E-state index contributed by atoms with van der Waals surface area (Å²) in [4.78, 5) is 4.48. The first-order valence-electron chi connectivity index (χ1n) is 4.97. The Kier molecular flexibility index (Phi) is 3.58. The number of benzene rings is 1. The minimum Gasteiger partial charge on any atom is -0.487 e. The molecule has 0 unspecified atom stereocenters. The van der Waals surface area contributed by atoms with E-state index in [1.165, 1.54) is 0 Å². The van der Waals surface area contributed by atoms with Gasteiger partial charge >= 0.3 is 0 Å². The van der Waals surface area contributed by atoms with E-state index >= 15 is 0 Å². The molecule has 7 heteroatoms. The van der Waals surface area contributed by atoms with Crippen molar-refractivity contribution < 1.29 is 18.0 Å². The van der Waals surface area contributed by atoms with Crippen molar-refractivity contribution in [3.8, 4) is 5.75 Å². The molecule has 0 aromatic heterocycles. The van der Waals surface area contributed by atoms with E-state index < -0.39 is 9.84 Å². The van der Waals surface area contributed by atoms with Gasteiger partial charge in [0.05, 0.1) is 23.1 Å². The highest BCUT2D eigenvalue weighted by Gasteiger charge is 2.35. The average Bonchev–Trinajstić information content (AvgIpc) is 2.19. The molecule has 0 bridgehead atoms. The molecular formula is C10H12ClNO4S. The van der Waals surface area contributed by atoms with Crippen LogP contribution in [0.2, 0.25) is 5.02 Å². The smallest absolute Gasteiger partial charge is 0.157 e. The second kappa shape index (κ2) is 4.81. The first-order chi connectivity index (χ1) is 8.00. The molecule has 2 rings (SSSR count). The summed E-state index contributed by atoms with van der Waals surface area (Å²) in [7, 11) is -2.88. The van der Waals surface area contributed by atoms with Crippen LogP contribution in [0.15, 0.2) is 18.2 Å². The largest absolute Gasteiger partial charge is 0.487 e. The Morgan fingerprint density at radius 2 is 2.12 bits per heavy atom. The van der Waals surface area contributed by atoms with E-state index in [0.717, 1.165) is 5.56 Å². The number of halogens is 1. The van der Waals surface area contributed by atoms with Gasteiger partial charge in [0.15, 0.2) is 9.84 Å². The monoisotopic (exact) mass is 277 g/mol. The van der Waals surface area contributed by atoms with Crippen molar-refractivity contribution in [3.05, 3.63) is 28.8 Å². The highest BCUT2D eigenvalue weighted by atomic mass is 35.5. The van der Waals surface area contributed by atoms with Crippen LogP contribution >= 0.6 is 11.6 Å². The first-order valence-corrected chi connectivity index (χ1v) is 7.17. The summed E-state index contributed by atoms with van der Waals surface area (Å²) in [5.74, 6) is 5.53. The Hall–Kier alpha value is -0.820. The number of nitrogens with two attached hydrogens (primary N) is 1. The van der Waals surface area contributed by atoms with Gasteiger partial charge in [0.2, 0.25) is 0 Å². The third kappa shape index (κ3) is 3.10. The van der Waals surface area contributed by atoms with Gasteiger partial charge in [-0.15, -0.1) is 0 Å². The minimum absolute atomic E-state index is 0.0526. The summed E-state index contributed by atoms with van der Waals surface area (Å²) in [5, 5.41) is 0.420. The molecule has 0 aliphatic carbocycles. The normalized spacial score (nSPS) is 18.7. The first kappa shape index (κ1) is 12.6. The molecule has 0 amide bonds. The molecule has 1 saturated heterocycles. The lowest BCUT2D eigenvalue weighted by molar-refractivity contribution is 0.124. The van der Waals surface area contributed by atoms with E-state index in [4.69, 9.17) is 22.2 Å². The quantitative estimate of drug-likeness (QED) is 0.828. The predicted octanol–water partition coefficient (Wildman–Crippen LogP) is 0.906.